The Morgan fingerprint density at radius 3 is 2.61 bits per heavy atom. The van der Waals surface area contributed by atoms with Crippen LogP contribution in [0.25, 0.3) is 0 Å². The van der Waals surface area contributed by atoms with Gasteiger partial charge in [0.2, 0.25) is 0 Å². The number of aryl methyl sites for hydroxylation is 2. The van der Waals surface area contributed by atoms with E-state index in [0.29, 0.717) is 5.56 Å². The maximum Gasteiger partial charge on any atom is 0.255 e. The van der Waals surface area contributed by atoms with Crippen molar-refractivity contribution in [2.24, 2.45) is 0 Å². The second-order valence-corrected chi connectivity index (χ2v) is 5.53. The minimum atomic E-state index is -0.0659. The topological polar surface area (TPSA) is 29.1 Å². The molecule has 0 saturated heterocycles. The molecule has 0 bridgehead atoms. The fraction of sp³-hybridized carbons (Fsp3) is 0.133. The average molecular weight is 351 g/mol. The predicted molar refractivity (Wildman–Crippen MR) is 83.0 cm³/mol. The highest BCUT2D eigenvalue weighted by atomic mass is 127. The van der Waals surface area contributed by atoms with E-state index >= 15 is 0 Å². The molecule has 0 fully saturated rings. The molecule has 1 amide bonds. The molecule has 0 aliphatic rings. The highest BCUT2D eigenvalue weighted by molar-refractivity contribution is 14.1. The summed E-state index contributed by atoms with van der Waals surface area (Å²) < 4.78 is 1.11. The van der Waals surface area contributed by atoms with Crippen LogP contribution in [-0.2, 0) is 0 Å². The van der Waals surface area contributed by atoms with Crippen molar-refractivity contribution < 1.29 is 4.79 Å². The van der Waals surface area contributed by atoms with Gasteiger partial charge in [-0.1, -0.05) is 23.8 Å². The van der Waals surface area contributed by atoms with Gasteiger partial charge in [-0.05, 0) is 66.3 Å². The molecule has 18 heavy (non-hydrogen) atoms. The molecule has 2 rings (SSSR count). The van der Waals surface area contributed by atoms with Gasteiger partial charge in [0.15, 0.2) is 0 Å². The smallest absolute Gasteiger partial charge is 0.255 e. The molecule has 0 atom stereocenters. The number of hydrogen-bond acceptors (Lipinski definition) is 1. The Balaban J connectivity index is 2.24. The van der Waals surface area contributed by atoms with Crippen LogP contribution in [-0.4, -0.2) is 5.91 Å². The lowest BCUT2D eigenvalue weighted by molar-refractivity contribution is 0.102. The van der Waals surface area contributed by atoms with Crippen molar-refractivity contribution in [3.05, 3.63) is 62.7 Å². The highest BCUT2D eigenvalue weighted by Crippen LogP contribution is 2.19. The lowest BCUT2D eigenvalue weighted by Gasteiger charge is -2.09. The summed E-state index contributed by atoms with van der Waals surface area (Å²) in [5.74, 6) is -0.0659. The first-order chi connectivity index (χ1) is 8.56. The van der Waals surface area contributed by atoms with Crippen LogP contribution in [0.1, 0.15) is 21.5 Å². The van der Waals surface area contributed by atoms with Gasteiger partial charge in [0.25, 0.3) is 5.91 Å². The summed E-state index contributed by atoms with van der Waals surface area (Å²) >= 11 is 2.24. The average Bonchev–Trinajstić information content (AvgIpc) is 2.34. The van der Waals surface area contributed by atoms with E-state index in [1.165, 1.54) is 0 Å². The van der Waals surface area contributed by atoms with E-state index in [4.69, 9.17) is 0 Å². The molecule has 0 aromatic heterocycles. The van der Waals surface area contributed by atoms with Crippen LogP contribution in [0, 0.1) is 17.4 Å². The Morgan fingerprint density at radius 2 is 1.89 bits per heavy atom. The molecule has 92 valence electrons. The van der Waals surface area contributed by atoms with Crippen LogP contribution in [0.2, 0.25) is 0 Å². The first kappa shape index (κ1) is 13.1. The number of halogens is 1. The molecule has 0 aliphatic heterocycles. The molecule has 0 saturated carbocycles. The van der Waals surface area contributed by atoms with Crippen molar-refractivity contribution in [3.63, 3.8) is 0 Å². The van der Waals surface area contributed by atoms with Gasteiger partial charge in [0.1, 0.15) is 0 Å². The lowest BCUT2D eigenvalue weighted by atomic mass is 10.1. The van der Waals surface area contributed by atoms with Crippen LogP contribution >= 0.6 is 22.6 Å². The summed E-state index contributed by atoms with van der Waals surface area (Å²) in [5.41, 5.74) is 3.71. The Kier molecular flexibility index (Phi) is 4.01. The van der Waals surface area contributed by atoms with Crippen molar-refractivity contribution >= 4 is 34.2 Å². The van der Waals surface area contributed by atoms with Gasteiger partial charge < -0.3 is 5.32 Å². The summed E-state index contributed by atoms with van der Waals surface area (Å²) in [6.07, 6.45) is 0. The summed E-state index contributed by atoms with van der Waals surface area (Å²) in [6.45, 7) is 3.97. The molecule has 3 heteroatoms. The SMILES string of the molecule is Cc1cccc(C(=O)Nc2cc(I)ccc2C)c1. The Morgan fingerprint density at radius 1 is 1.11 bits per heavy atom. The zero-order chi connectivity index (χ0) is 13.1. The van der Waals surface area contributed by atoms with E-state index in [1.54, 1.807) is 0 Å². The van der Waals surface area contributed by atoms with Crippen LogP contribution in [0.3, 0.4) is 0 Å². The maximum atomic E-state index is 12.1. The molecule has 1 N–H and O–H groups in total. The number of hydrogen-bond donors (Lipinski definition) is 1. The zero-order valence-corrected chi connectivity index (χ0v) is 12.5. The normalized spacial score (nSPS) is 10.2. The molecule has 2 nitrogen and oxygen atoms in total. The number of rotatable bonds is 2. The quantitative estimate of drug-likeness (QED) is 0.809. The van der Waals surface area contributed by atoms with Crippen LogP contribution in [0.5, 0.6) is 0 Å². The van der Waals surface area contributed by atoms with Crippen molar-refractivity contribution in [1.82, 2.24) is 0 Å². The van der Waals surface area contributed by atoms with Crippen molar-refractivity contribution in [1.29, 1.82) is 0 Å². The highest BCUT2D eigenvalue weighted by Gasteiger charge is 2.07. The van der Waals surface area contributed by atoms with Gasteiger partial charge >= 0.3 is 0 Å². The van der Waals surface area contributed by atoms with E-state index in [0.717, 1.165) is 20.4 Å². The monoisotopic (exact) mass is 351 g/mol. The van der Waals surface area contributed by atoms with Crippen LogP contribution < -0.4 is 5.32 Å². The van der Waals surface area contributed by atoms with E-state index in [2.05, 4.69) is 27.9 Å². The van der Waals surface area contributed by atoms with E-state index < -0.39 is 0 Å². The fourth-order valence-corrected chi connectivity index (χ4v) is 2.20. The zero-order valence-electron chi connectivity index (χ0n) is 10.3. The van der Waals surface area contributed by atoms with Crippen molar-refractivity contribution in [2.45, 2.75) is 13.8 Å². The van der Waals surface area contributed by atoms with Gasteiger partial charge in [0.05, 0.1) is 0 Å². The standard InChI is InChI=1S/C15H14INO/c1-10-4-3-5-12(8-10)15(18)17-14-9-13(16)7-6-11(14)2/h3-9H,1-2H3,(H,17,18). The van der Waals surface area contributed by atoms with Crippen molar-refractivity contribution in [2.75, 3.05) is 5.32 Å². The second-order valence-electron chi connectivity index (χ2n) is 4.28. The Bertz CT molecular complexity index is 593. The Labute approximate surface area is 121 Å². The summed E-state index contributed by atoms with van der Waals surface area (Å²) in [7, 11) is 0. The van der Waals surface area contributed by atoms with Crippen LogP contribution in [0.4, 0.5) is 5.69 Å². The molecule has 0 unspecified atom stereocenters. The minimum absolute atomic E-state index is 0.0659. The first-order valence-corrected chi connectivity index (χ1v) is 6.78. The predicted octanol–water partition coefficient (Wildman–Crippen LogP) is 4.16. The number of amides is 1. The summed E-state index contributed by atoms with van der Waals surface area (Å²) in [6, 6.07) is 13.6. The second kappa shape index (κ2) is 5.52. The molecule has 2 aromatic carbocycles. The first-order valence-electron chi connectivity index (χ1n) is 5.70. The van der Waals surface area contributed by atoms with Gasteiger partial charge in [-0.15, -0.1) is 0 Å². The molecule has 0 spiro atoms. The van der Waals surface area contributed by atoms with Gasteiger partial charge in [-0.3, -0.25) is 4.79 Å². The maximum absolute atomic E-state index is 12.1. The third-order valence-electron chi connectivity index (χ3n) is 2.73. The third-order valence-corrected chi connectivity index (χ3v) is 3.40. The number of anilines is 1. The summed E-state index contributed by atoms with van der Waals surface area (Å²) in [4.78, 5) is 12.1. The third kappa shape index (κ3) is 3.10. The van der Waals surface area contributed by atoms with Gasteiger partial charge in [-0.2, -0.15) is 0 Å². The lowest BCUT2D eigenvalue weighted by Crippen LogP contribution is -2.12. The van der Waals surface area contributed by atoms with Gasteiger partial charge in [0, 0.05) is 14.8 Å². The number of carbonyl (C=O) groups excluding carboxylic acids is 1. The molecule has 0 aliphatic carbocycles. The number of nitrogens with one attached hydrogen (secondary N) is 1. The van der Waals surface area contributed by atoms with Crippen molar-refractivity contribution in [3.8, 4) is 0 Å². The largest absolute Gasteiger partial charge is 0.322 e. The van der Waals surface area contributed by atoms with Gasteiger partial charge in [-0.25, -0.2) is 0 Å². The van der Waals surface area contributed by atoms with E-state index in [9.17, 15) is 4.79 Å². The number of carbonyl (C=O) groups is 1. The van der Waals surface area contributed by atoms with E-state index in [-0.39, 0.29) is 5.91 Å². The van der Waals surface area contributed by atoms with E-state index in [1.807, 2.05) is 56.3 Å². The van der Waals surface area contributed by atoms with Crippen LogP contribution in [0.15, 0.2) is 42.5 Å². The minimum Gasteiger partial charge on any atom is -0.322 e. The molecule has 0 heterocycles. The molecule has 0 radical (unpaired) electrons. The summed E-state index contributed by atoms with van der Waals surface area (Å²) in [5, 5.41) is 2.95. The molecule has 2 aromatic rings. The Hall–Kier alpha value is -1.36. The number of benzene rings is 2. The molecular weight excluding hydrogens is 337 g/mol. The molecular formula is C15H14INO. The fourth-order valence-electron chi connectivity index (χ4n) is 1.71.